The molecule has 0 aliphatic rings. The van der Waals surface area contributed by atoms with Crippen molar-refractivity contribution >= 4 is 17.7 Å². The highest BCUT2D eigenvalue weighted by molar-refractivity contribution is 5.77. The fourth-order valence-electron chi connectivity index (χ4n) is 7.45. The summed E-state index contributed by atoms with van der Waals surface area (Å²) >= 11 is 0. The summed E-state index contributed by atoms with van der Waals surface area (Å²) in [4.78, 5) is 40.5. The summed E-state index contributed by atoms with van der Waals surface area (Å²) in [6.45, 7) is 38.9. The van der Waals surface area contributed by atoms with Gasteiger partial charge in [-0.3, -0.25) is 14.4 Å². The second kappa shape index (κ2) is 20.2. The molecule has 0 aromatic carbocycles. The van der Waals surface area contributed by atoms with Crippen molar-refractivity contribution < 1.29 is 14.4 Å². The maximum atomic E-state index is 12.8. The monoisotopic (exact) mass is 680 g/mol. The number of carbonyl (C=O) groups excluding carboxylic acids is 3. The molecule has 0 heterocycles. The number of nitrogens with zero attached hydrogens (tertiary/aromatic N) is 1. The zero-order valence-corrected chi connectivity index (χ0v) is 34.5. The number of hydrogen-bond acceptors (Lipinski definition) is 5. The van der Waals surface area contributed by atoms with Crippen molar-refractivity contribution in [1.29, 1.82) is 0 Å². The standard InChI is InChI=1S/C40H81N5O3/c1-16-40(15,28-37(8,9)10)31-44-32(46)18-22-41-21-17-23-45(24-19-33(47)42-29-38(11,12)26-35(2,3)4)25-20-34(48)43-30-39(13,14)27-36(5,6)7/h41H,16-31H2,1-15H3,(H,42,47)(H,43,48)(H,44,46). The number of hydrogen-bond donors (Lipinski definition) is 4. The molecule has 0 aromatic rings. The summed E-state index contributed by atoms with van der Waals surface area (Å²) in [7, 11) is 0. The van der Waals surface area contributed by atoms with E-state index in [0.717, 1.165) is 45.2 Å². The van der Waals surface area contributed by atoms with Crippen LogP contribution in [0.3, 0.4) is 0 Å². The van der Waals surface area contributed by atoms with Gasteiger partial charge in [-0.2, -0.15) is 0 Å². The van der Waals surface area contributed by atoms with Gasteiger partial charge in [0.05, 0.1) is 0 Å². The van der Waals surface area contributed by atoms with Gasteiger partial charge in [0.1, 0.15) is 0 Å². The van der Waals surface area contributed by atoms with E-state index in [-0.39, 0.29) is 50.2 Å². The third-order valence-corrected chi connectivity index (χ3v) is 8.74. The summed E-state index contributed by atoms with van der Waals surface area (Å²) in [6, 6.07) is 0. The molecule has 0 aliphatic heterocycles. The summed E-state index contributed by atoms with van der Waals surface area (Å²) < 4.78 is 0. The van der Waals surface area contributed by atoms with Gasteiger partial charge in [0.15, 0.2) is 0 Å². The first-order valence-corrected chi connectivity index (χ1v) is 18.9. The Labute approximate surface area is 297 Å². The zero-order valence-electron chi connectivity index (χ0n) is 34.5. The van der Waals surface area contributed by atoms with E-state index in [1.165, 1.54) is 0 Å². The van der Waals surface area contributed by atoms with Crippen molar-refractivity contribution in [2.75, 3.05) is 52.4 Å². The number of carbonyl (C=O) groups is 3. The molecule has 1 unspecified atom stereocenters. The largest absolute Gasteiger partial charge is 0.356 e. The van der Waals surface area contributed by atoms with Crippen molar-refractivity contribution in [3.8, 4) is 0 Å². The molecule has 0 aliphatic carbocycles. The topological polar surface area (TPSA) is 103 Å². The molecule has 3 amide bonds. The van der Waals surface area contributed by atoms with Gasteiger partial charge >= 0.3 is 0 Å². The van der Waals surface area contributed by atoms with Crippen molar-refractivity contribution in [1.82, 2.24) is 26.2 Å². The maximum absolute atomic E-state index is 12.8. The Bertz CT molecular complexity index is 907. The predicted octanol–water partition coefficient (Wildman–Crippen LogP) is 7.56. The van der Waals surface area contributed by atoms with Gasteiger partial charge in [0.2, 0.25) is 17.7 Å². The summed E-state index contributed by atoms with van der Waals surface area (Å²) in [5, 5.41) is 12.9. The quantitative estimate of drug-likeness (QED) is 0.0835. The van der Waals surface area contributed by atoms with Crippen molar-refractivity contribution in [3.05, 3.63) is 0 Å². The summed E-state index contributed by atoms with van der Waals surface area (Å²) in [5.74, 6) is 0.202. The first kappa shape index (κ1) is 46.3. The molecule has 0 saturated heterocycles. The minimum atomic E-state index is 0.0249. The molecule has 1 atom stereocenters. The van der Waals surface area contributed by atoms with Crippen molar-refractivity contribution in [2.24, 2.45) is 32.5 Å². The van der Waals surface area contributed by atoms with Crippen LogP contribution in [0.1, 0.15) is 155 Å². The van der Waals surface area contributed by atoms with E-state index < -0.39 is 0 Å². The molecule has 0 spiro atoms. The molecule has 0 saturated carbocycles. The second-order valence-electron chi connectivity index (χ2n) is 20.2. The Morgan fingerprint density at radius 1 is 0.500 bits per heavy atom. The highest BCUT2D eigenvalue weighted by Crippen LogP contribution is 2.36. The third-order valence-electron chi connectivity index (χ3n) is 8.74. The van der Waals surface area contributed by atoms with Gasteiger partial charge in [0, 0.05) is 58.5 Å². The highest BCUT2D eigenvalue weighted by Gasteiger charge is 2.29. The van der Waals surface area contributed by atoms with Gasteiger partial charge in [-0.05, 0) is 77.7 Å². The molecule has 8 heteroatoms. The van der Waals surface area contributed by atoms with Crippen LogP contribution in [0.4, 0.5) is 0 Å². The molecule has 8 nitrogen and oxygen atoms in total. The van der Waals surface area contributed by atoms with Gasteiger partial charge < -0.3 is 26.2 Å². The minimum Gasteiger partial charge on any atom is -0.356 e. The molecule has 0 bridgehead atoms. The van der Waals surface area contributed by atoms with Crippen molar-refractivity contribution in [2.45, 2.75) is 155 Å². The number of amides is 3. The SMILES string of the molecule is CCC(C)(CNC(=O)CCNCCCN(CCC(=O)NCC(C)(C)CC(C)(C)C)CCC(=O)NCC(C)(C)CC(C)(C)C)CC(C)(C)C. The summed E-state index contributed by atoms with van der Waals surface area (Å²) in [6.07, 6.45) is 6.30. The molecule has 284 valence electrons. The normalized spacial score (nSPS) is 14.5. The Kier molecular flexibility index (Phi) is 19.5. The first-order valence-electron chi connectivity index (χ1n) is 18.9. The van der Waals surface area contributed by atoms with Crippen LogP contribution in [-0.4, -0.2) is 75.0 Å². The van der Waals surface area contributed by atoms with Gasteiger partial charge in [0.25, 0.3) is 0 Å². The molecule has 48 heavy (non-hydrogen) atoms. The van der Waals surface area contributed by atoms with Crippen LogP contribution in [0.15, 0.2) is 0 Å². The van der Waals surface area contributed by atoms with Gasteiger partial charge in [-0.15, -0.1) is 0 Å². The lowest BCUT2D eigenvalue weighted by molar-refractivity contribution is -0.122. The van der Waals surface area contributed by atoms with E-state index in [2.05, 4.69) is 130 Å². The Morgan fingerprint density at radius 3 is 1.29 bits per heavy atom. The fourth-order valence-corrected chi connectivity index (χ4v) is 7.45. The lowest BCUT2D eigenvalue weighted by atomic mass is 9.73. The van der Waals surface area contributed by atoms with E-state index in [1.807, 2.05) is 0 Å². The lowest BCUT2D eigenvalue weighted by Gasteiger charge is -2.35. The molecule has 0 aromatic heterocycles. The van der Waals surface area contributed by atoms with Crippen LogP contribution in [0, 0.1) is 32.5 Å². The predicted molar refractivity (Wildman–Crippen MR) is 205 cm³/mol. The van der Waals surface area contributed by atoms with E-state index in [0.29, 0.717) is 58.5 Å². The Morgan fingerprint density at radius 2 is 0.896 bits per heavy atom. The van der Waals surface area contributed by atoms with Gasteiger partial charge in [-0.1, -0.05) is 104 Å². The Balaban J connectivity index is 4.90. The van der Waals surface area contributed by atoms with Crippen LogP contribution in [0.5, 0.6) is 0 Å². The molecular weight excluding hydrogens is 598 g/mol. The smallest absolute Gasteiger partial charge is 0.221 e. The molecule has 0 fully saturated rings. The average molecular weight is 680 g/mol. The fraction of sp³-hybridized carbons (Fsp3) is 0.925. The van der Waals surface area contributed by atoms with Crippen LogP contribution in [0.25, 0.3) is 0 Å². The molecule has 0 radical (unpaired) electrons. The molecule has 0 rings (SSSR count). The minimum absolute atomic E-state index is 0.0249. The van der Waals surface area contributed by atoms with Crippen LogP contribution in [-0.2, 0) is 14.4 Å². The summed E-state index contributed by atoms with van der Waals surface area (Å²) in [5.41, 5.74) is 0.782. The van der Waals surface area contributed by atoms with Crippen LogP contribution >= 0.6 is 0 Å². The third kappa shape index (κ3) is 26.2. The van der Waals surface area contributed by atoms with E-state index in [1.54, 1.807) is 0 Å². The van der Waals surface area contributed by atoms with E-state index in [9.17, 15) is 14.4 Å². The maximum Gasteiger partial charge on any atom is 0.221 e. The van der Waals surface area contributed by atoms with Crippen LogP contribution < -0.4 is 21.3 Å². The Hall–Kier alpha value is -1.67. The first-order chi connectivity index (χ1) is 21.6. The zero-order chi connectivity index (χ0) is 37.5. The average Bonchev–Trinajstić information content (AvgIpc) is 2.89. The van der Waals surface area contributed by atoms with Crippen LogP contribution in [0.2, 0.25) is 0 Å². The van der Waals surface area contributed by atoms with Gasteiger partial charge in [-0.25, -0.2) is 0 Å². The lowest BCUT2D eigenvalue weighted by Crippen LogP contribution is -2.40. The number of nitrogens with one attached hydrogen (secondary N) is 4. The van der Waals surface area contributed by atoms with E-state index in [4.69, 9.17) is 0 Å². The molecular formula is C40H81N5O3. The second-order valence-corrected chi connectivity index (χ2v) is 20.2. The molecule has 4 N–H and O–H groups in total. The highest BCUT2D eigenvalue weighted by atomic mass is 16.2. The van der Waals surface area contributed by atoms with E-state index >= 15 is 0 Å². The van der Waals surface area contributed by atoms with Crippen molar-refractivity contribution in [3.63, 3.8) is 0 Å². The number of rotatable bonds is 23.